The Labute approximate surface area is 113 Å². The molecule has 108 valence electrons. The van der Waals surface area contributed by atoms with E-state index < -0.39 is 0 Å². The second kappa shape index (κ2) is 10.8. The predicted molar refractivity (Wildman–Crippen MR) is 76.0 cm³/mol. The first-order valence-electron chi connectivity index (χ1n) is 7.64. The Bertz CT molecular complexity index is 179. The van der Waals surface area contributed by atoms with Gasteiger partial charge in [0, 0.05) is 19.8 Å². The van der Waals surface area contributed by atoms with Crippen molar-refractivity contribution in [3.8, 4) is 0 Å². The van der Waals surface area contributed by atoms with E-state index in [1.165, 1.54) is 38.5 Å². The Hall–Kier alpha value is -0.120. The number of ether oxygens (including phenoxy) is 2. The molecule has 1 N–H and O–H groups in total. The predicted octanol–water partition coefficient (Wildman–Crippen LogP) is 2.99. The van der Waals surface area contributed by atoms with Crippen molar-refractivity contribution in [2.45, 2.75) is 57.9 Å². The summed E-state index contributed by atoms with van der Waals surface area (Å²) in [4.78, 5) is 0. The van der Waals surface area contributed by atoms with E-state index in [4.69, 9.17) is 9.47 Å². The molecule has 0 unspecified atom stereocenters. The lowest BCUT2D eigenvalue weighted by molar-refractivity contribution is 0.0690. The molecule has 1 rings (SSSR count). The van der Waals surface area contributed by atoms with Gasteiger partial charge in [-0.3, -0.25) is 0 Å². The van der Waals surface area contributed by atoms with Gasteiger partial charge in [-0.15, -0.1) is 0 Å². The maximum absolute atomic E-state index is 5.46. The van der Waals surface area contributed by atoms with Crippen molar-refractivity contribution in [2.75, 3.05) is 33.5 Å². The van der Waals surface area contributed by atoms with Crippen molar-refractivity contribution in [2.24, 2.45) is 5.92 Å². The van der Waals surface area contributed by atoms with Crippen LogP contribution in [0.15, 0.2) is 0 Å². The highest BCUT2D eigenvalue weighted by atomic mass is 16.5. The van der Waals surface area contributed by atoms with Crippen LogP contribution in [0.5, 0.6) is 0 Å². The monoisotopic (exact) mass is 257 g/mol. The summed E-state index contributed by atoms with van der Waals surface area (Å²) in [5.41, 5.74) is 0. The van der Waals surface area contributed by atoms with Crippen LogP contribution in [0.3, 0.4) is 0 Å². The van der Waals surface area contributed by atoms with Crippen LogP contribution < -0.4 is 5.32 Å². The topological polar surface area (TPSA) is 30.5 Å². The number of methoxy groups -OCH3 is 1. The van der Waals surface area contributed by atoms with Crippen molar-refractivity contribution in [3.05, 3.63) is 0 Å². The van der Waals surface area contributed by atoms with E-state index in [2.05, 4.69) is 12.2 Å². The molecular weight excluding hydrogens is 226 g/mol. The summed E-state index contributed by atoms with van der Waals surface area (Å²) < 4.78 is 10.4. The van der Waals surface area contributed by atoms with E-state index in [-0.39, 0.29) is 0 Å². The van der Waals surface area contributed by atoms with Crippen molar-refractivity contribution >= 4 is 0 Å². The Morgan fingerprint density at radius 3 is 2.44 bits per heavy atom. The first-order chi connectivity index (χ1) is 8.84. The Kier molecular flexibility index (Phi) is 9.54. The fourth-order valence-corrected chi connectivity index (χ4v) is 2.73. The molecule has 18 heavy (non-hydrogen) atoms. The second-order valence-corrected chi connectivity index (χ2v) is 5.45. The van der Waals surface area contributed by atoms with E-state index in [0.29, 0.717) is 19.3 Å². The second-order valence-electron chi connectivity index (χ2n) is 5.45. The SMILES string of the molecule is COCCOCCCN[C@@H](C)C1CCCCCC1. The smallest absolute Gasteiger partial charge is 0.0700 e. The summed E-state index contributed by atoms with van der Waals surface area (Å²) in [5, 5.41) is 3.66. The highest BCUT2D eigenvalue weighted by Crippen LogP contribution is 2.25. The Morgan fingerprint density at radius 1 is 1.06 bits per heavy atom. The molecule has 1 saturated carbocycles. The fraction of sp³-hybridized carbons (Fsp3) is 1.00. The minimum Gasteiger partial charge on any atom is -0.382 e. The van der Waals surface area contributed by atoms with E-state index in [0.717, 1.165) is 25.5 Å². The van der Waals surface area contributed by atoms with Crippen LogP contribution in [0, 0.1) is 5.92 Å². The van der Waals surface area contributed by atoms with E-state index in [9.17, 15) is 0 Å². The quantitative estimate of drug-likeness (QED) is 0.509. The van der Waals surface area contributed by atoms with Gasteiger partial charge in [0.25, 0.3) is 0 Å². The molecule has 3 nitrogen and oxygen atoms in total. The Balaban J connectivity index is 1.96. The van der Waals surface area contributed by atoms with Gasteiger partial charge >= 0.3 is 0 Å². The molecular formula is C15H31NO2. The first-order valence-corrected chi connectivity index (χ1v) is 7.64. The lowest BCUT2D eigenvalue weighted by Crippen LogP contribution is -2.34. The number of rotatable bonds is 9. The van der Waals surface area contributed by atoms with Gasteiger partial charge in [-0.1, -0.05) is 25.7 Å². The van der Waals surface area contributed by atoms with Gasteiger partial charge in [0.05, 0.1) is 13.2 Å². The number of hydrogen-bond donors (Lipinski definition) is 1. The molecule has 0 heterocycles. The summed E-state index contributed by atoms with van der Waals surface area (Å²) in [6, 6.07) is 0.669. The summed E-state index contributed by atoms with van der Waals surface area (Å²) in [5.74, 6) is 0.891. The average Bonchev–Trinajstić information content (AvgIpc) is 2.66. The van der Waals surface area contributed by atoms with Crippen LogP contribution in [0.4, 0.5) is 0 Å². The number of hydrogen-bond acceptors (Lipinski definition) is 3. The molecule has 1 fully saturated rings. The number of nitrogens with one attached hydrogen (secondary N) is 1. The zero-order valence-electron chi connectivity index (χ0n) is 12.2. The van der Waals surface area contributed by atoms with Gasteiger partial charge in [-0.2, -0.15) is 0 Å². The van der Waals surface area contributed by atoms with Gasteiger partial charge in [-0.05, 0) is 38.6 Å². The van der Waals surface area contributed by atoms with Crippen molar-refractivity contribution in [3.63, 3.8) is 0 Å². The minimum atomic E-state index is 0.669. The molecule has 0 radical (unpaired) electrons. The third-order valence-electron chi connectivity index (χ3n) is 3.97. The van der Waals surface area contributed by atoms with Gasteiger partial charge in [0.2, 0.25) is 0 Å². The molecule has 3 heteroatoms. The standard InChI is InChI=1S/C15H31NO2/c1-14(15-8-5-3-4-6-9-15)16-10-7-11-18-13-12-17-2/h14-16H,3-13H2,1-2H3/t14-/m0/s1. The molecule has 1 atom stereocenters. The lowest BCUT2D eigenvalue weighted by Gasteiger charge is -2.23. The third kappa shape index (κ3) is 7.34. The zero-order valence-corrected chi connectivity index (χ0v) is 12.2. The van der Waals surface area contributed by atoms with Crippen LogP contribution in [0.25, 0.3) is 0 Å². The maximum atomic E-state index is 5.46. The molecule has 0 bridgehead atoms. The molecule has 1 aliphatic rings. The summed E-state index contributed by atoms with van der Waals surface area (Å²) in [6.07, 6.45) is 9.67. The van der Waals surface area contributed by atoms with E-state index in [1.807, 2.05) is 0 Å². The third-order valence-corrected chi connectivity index (χ3v) is 3.97. The normalized spacial score (nSPS) is 19.7. The molecule has 0 aromatic heterocycles. The summed E-state index contributed by atoms with van der Waals surface area (Å²) >= 11 is 0. The van der Waals surface area contributed by atoms with Crippen molar-refractivity contribution in [1.82, 2.24) is 5.32 Å². The van der Waals surface area contributed by atoms with Crippen LogP contribution in [0.2, 0.25) is 0 Å². The molecule has 0 spiro atoms. The molecule has 0 amide bonds. The van der Waals surface area contributed by atoms with Crippen LogP contribution >= 0.6 is 0 Å². The van der Waals surface area contributed by atoms with Crippen molar-refractivity contribution in [1.29, 1.82) is 0 Å². The van der Waals surface area contributed by atoms with E-state index >= 15 is 0 Å². The molecule has 0 aromatic rings. The Morgan fingerprint density at radius 2 is 1.78 bits per heavy atom. The van der Waals surface area contributed by atoms with Crippen LogP contribution in [0.1, 0.15) is 51.9 Å². The maximum Gasteiger partial charge on any atom is 0.0700 e. The summed E-state index contributed by atoms with van der Waals surface area (Å²) in [7, 11) is 1.71. The average molecular weight is 257 g/mol. The fourth-order valence-electron chi connectivity index (χ4n) is 2.73. The van der Waals surface area contributed by atoms with Crippen LogP contribution in [-0.4, -0.2) is 39.5 Å². The largest absolute Gasteiger partial charge is 0.382 e. The van der Waals surface area contributed by atoms with Gasteiger partial charge in [0.1, 0.15) is 0 Å². The lowest BCUT2D eigenvalue weighted by atomic mass is 9.93. The highest BCUT2D eigenvalue weighted by molar-refractivity contribution is 4.74. The van der Waals surface area contributed by atoms with Gasteiger partial charge < -0.3 is 14.8 Å². The summed E-state index contributed by atoms with van der Waals surface area (Å²) in [6.45, 7) is 5.68. The minimum absolute atomic E-state index is 0.669. The van der Waals surface area contributed by atoms with Gasteiger partial charge in [0.15, 0.2) is 0 Å². The molecule has 0 saturated heterocycles. The van der Waals surface area contributed by atoms with E-state index in [1.54, 1.807) is 7.11 Å². The molecule has 1 aliphatic carbocycles. The van der Waals surface area contributed by atoms with Crippen molar-refractivity contribution < 1.29 is 9.47 Å². The molecule has 0 aromatic carbocycles. The first kappa shape index (κ1) is 15.9. The van der Waals surface area contributed by atoms with Gasteiger partial charge in [-0.25, -0.2) is 0 Å². The highest BCUT2D eigenvalue weighted by Gasteiger charge is 2.17. The molecule has 0 aliphatic heterocycles. The zero-order chi connectivity index (χ0) is 13.1. The van der Waals surface area contributed by atoms with Crippen LogP contribution in [-0.2, 0) is 9.47 Å².